The lowest BCUT2D eigenvalue weighted by molar-refractivity contribution is -0.141. The Morgan fingerprint density at radius 2 is 1.96 bits per heavy atom. The summed E-state index contributed by atoms with van der Waals surface area (Å²) in [6.45, 7) is 2.84. The summed E-state index contributed by atoms with van der Waals surface area (Å²) >= 11 is 0. The van der Waals surface area contributed by atoms with Crippen LogP contribution in [0.4, 0.5) is 13.2 Å². The zero-order valence-electron chi connectivity index (χ0n) is 13.9. The van der Waals surface area contributed by atoms with Crippen LogP contribution in [0.3, 0.4) is 0 Å². The van der Waals surface area contributed by atoms with Gasteiger partial charge < -0.3 is 15.0 Å². The van der Waals surface area contributed by atoms with E-state index in [0.717, 1.165) is 16.3 Å². The molecule has 2 N–H and O–H groups in total. The SMILES string of the molecule is Cc1nc(C(F)(F)F)cn1[C@@H](CCO)C(=O)N[C@H](C)c1ccccc1. The monoisotopic (exact) mass is 355 g/mol. The fraction of sp³-hybridized carbons (Fsp3) is 0.412. The third-order valence-corrected chi connectivity index (χ3v) is 3.91. The number of aromatic nitrogens is 2. The molecule has 0 saturated heterocycles. The first kappa shape index (κ1) is 19.0. The van der Waals surface area contributed by atoms with Crippen molar-refractivity contribution in [2.24, 2.45) is 0 Å². The fourth-order valence-corrected chi connectivity index (χ4v) is 2.59. The van der Waals surface area contributed by atoms with Crippen LogP contribution in [-0.4, -0.2) is 27.2 Å². The first-order chi connectivity index (χ1) is 11.7. The minimum absolute atomic E-state index is 0.0121. The summed E-state index contributed by atoms with van der Waals surface area (Å²) in [6, 6.07) is 7.91. The topological polar surface area (TPSA) is 67.1 Å². The lowest BCUT2D eigenvalue weighted by Gasteiger charge is -2.22. The summed E-state index contributed by atoms with van der Waals surface area (Å²) in [5.41, 5.74) is -0.186. The van der Waals surface area contributed by atoms with Crippen LogP contribution < -0.4 is 5.32 Å². The number of carbonyl (C=O) groups is 1. The standard InChI is InChI=1S/C17H20F3N3O2/c1-11(13-6-4-3-5-7-13)21-16(25)14(8-9-24)23-10-15(17(18,19)20)22-12(23)2/h3-7,10-11,14,24H,8-9H2,1-2H3,(H,21,25)/t11-,14+/m1/s1. The number of aliphatic hydroxyl groups is 1. The molecule has 2 rings (SSSR count). The Kier molecular flexibility index (Phi) is 5.84. The van der Waals surface area contributed by atoms with Crippen molar-refractivity contribution in [1.82, 2.24) is 14.9 Å². The van der Waals surface area contributed by atoms with E-state index in [2.05, 4.69) is 10.3 Å². The molecule has 0 aliphatic carbocycles. The highest BCUT2D eigenvalue weighted by atomic mass is 19.4. The Bertz CT molecular complexity index is 714. The molecule has 1 heterocycles. The van der Waals surface area contributed by atoms with Gasteiger partial charge in [0.1, 0.15) is 11.9 Å². The number of amides is 1. The number of imidazole rings is 1. The van der Waals surface area contributed by atoms with Crippen molar-refractivity contribution in [3.63, 3.8) is 0 Å². The molecule has 0 saturated carbocycles. The summed E-state index contributed by atoms with van der Waals surface area (Å²) in [5, 5.41) is 12.0. The maximum Gasteiger partial charge on any atom is 0.434 e. The molecule has 25 heavy (non-hydrogen) atoms. The van der Waals surface area contributed by atoms with Crippen LogP contribution in [0.1, 0.15) is 42.5 Å². The first-order valence-electron chi connectivity index (χ1n) is 7.83. The Labute approximate surface area is 143 Å². The van der Waals surface area contributed by atoms with E-state index in [1.54, 1.807) is 6.92 Å². The van der Waals surface area contributed by atoms with Gasteiger partial charge >= 0.3 is 6.18 Å². The van der Waals surface area contributed by atoms with Gasteiger partial charge in [-0.05, 0) is 19.4 Å². The third-order valence-electron chi connectivity index (χ3n) is 3.91. The highest BCUT2D eigenvalue weighted by Crippen LogP contribution is 2.30. The largest absolute Gasteiger partial charge is 0.434 e. The van der Waals surface area contributed by atoms with Gasteiger partial charge in [0.05, 0.1) is 6.04 Å². The van der Waals surface area contributed by atoms with Crippen LogP contribution in [0.2, 0.25) is 0 Å². The smallest absolute Gasteiger partial charge is 0.396 e. The molecular weight excluding hydrogens is 335 g/mol. The predicted octanol–water partition coefficient (Wildman–Crippen LogP) is 3.01. The van der Waals surface area contributed by atoms with Gasteiger partial charge in [-0.25, -0.2) is 4.98 Å². The van der Waals surface area contributed by atoms with Gasteiger partial charge in [-0.15, -0.1) is 0 Å². The minimum atomic E-state index is -4.59. The van der Waals surface area contributed by atoms with Gasteiger partial charge in [-0.2, -0.15) is 13.2 Å². The number of aryl methyl sites for hydroxylation is 1. The summed E-state index contributed by atoms with van der Waals surface area (Å²) < 4.78 is 39.7. The lowest BCUT2D eigenvalue weighted by Crippen LogP contribution is -2.35. The molecular formula is C17H20F3N3O2. The number of hydrogen-bond donors (Lipinski definition) is 2. The summed E-state index contributed by atoms with van der Waals surface area (Å²) in [4.78, 5) is 16.1. The summed E-state index contributed by atoms with van der Waals surface area (Å²) in [6.07, 6.45) is -3.79. The average molecular weight is 355 g/mol. The van der Waals surface area contributed by atoms with Gasteiger partial charge in [0.25, 0.3) is 0 Å². The number of rotatable bonds is 6. The highest BCUT2D eigenvalue weighted by molar-refractivity contribution is 5.80. The molecule has 136 valence electrons. The van der Waals surface area contributed by atoms with E-state index in [-0.39, 0.29) is 24.9 Å². The number of hydrogen-bond acceptors (Lipinski definition) is 3. The second kappa shape index (κ2) is 7.69. The van der Waals surface area contributed by atoms with Crippen molar-refractivity contribution in [3.8, 4) is 0 Å². The molecule has 0 bridgehead atoms. The van der Waals surface area contributed by atoms with Crippen molar-refractivity contribution in [2.45, 2.75) is 38.5 Å². The van der Waals surface area contributed by atoms with Gasteiger partial charge in [-0.1, -0.05) is 30.3 Å². The number of nitrogens with zero attached hydrogens (tertiary/aromatic N) is 2. The van der Waals surface area contributed by atoms with Gasteiger partial charge in [0.15, 0.2) is 5.69 Å². The Balaban J connectivity index is 2.23. The van der Waals surface area contributed by atoms with E-state index in [1.165, 1.54) is 6.92 Å². The lowest BCUT2D eigenvalue weighted by atomic mass is 10.1. The molecule has 5 nitrogen and oxygen atoms in total. The zero-order valence-corrected chi connectivity index (χ0v) is 13.9. The van der Waals surface area contributed by atoms with Crippen LogP contribution in [0.15, 0.2) is 36.5 Å². The number of halogens is 3. The third kappa shape index (κ3) is 4.60. The molecule has 1 amide bonds. The normalized spacial score (nSPS) is 14.2. The van der Waals surface area contributed by atoms with Crippen molar-refractivity contribution in [1.29, 1.82) is 0 Å². The second-order valence-corrected chi connectivity index (χ2v) is 5.75. The Morgan fingerprint density at radius 3 is 2.48 bits per heavy atom. The van der Waals surface area contributed by atoms with Crippen LogP contribution in [-0.2, 0) is 11.0 Å². The second-order valence-electron chi connectivity index (χ2n) is 5.75. The van der Waals surface area contributed by atoms with Crippen molar-refractivity contribution in [2.75, 3.05) is 6.61 Å². The highest BCUT2D eigenvalue weighted by Gasteiger charge is 2.36. The van der Waals surface area contributed by atoms with Gasteiger partial charge in [0.2, 0.25) is 5.91 Å². The Morgan fingerprint density at radius 1 is 1.32 bits per heavy atom. The Hall–Kier alpha value is -2.35. The molecule has 2 aromatic rings. The van der Waals surface area contributed by atoms with E-state index in [4.69, 9.17) is 0 Å². The molecule has 0 radical (unpaired) electrons. The van der Waals surface area contributed by atoms with Crippen LogP contribution >= 0.6 is 0 Å². The summed E-state index contributed by atoms with van der Waals surface area (Å²) in [5.74, 6) is -0.409. The maximum atomic E-state index is 12.8. The molecule has 0 spiro atoms. The number of alkyl halides is 3. The molecule has 1 aromatic heterocycles. The molecule has 0 aliphatic rings. The van der Waals surface area contributed by atoms with Crippen LogP contribution in [0.5, 0.6) is 0 Å². The molecule has 2 atom stereocenters. The van der Waals surface area contributed by atoms with Crippen molar-refractivity contribution < 1.29 is 23.1 Å². The van der Waals surface area contributed by atoms with E-state index in [0.29, 0.717) is 0 Å². The molecule has 0 fully saturated rings. The number of carbonyl (C=O) groups excluding carboxylic acids is 1. The van der Waals surface area contributed by atoms with Crippen LogP contribution in [0.25, 0.3) is 0 Å². The fourth-order valence-electron chi connectivity index (χ4n) is 2.59. The summed E-state index contributed by atoms with van der Waals surface area (Å²) in [7, 11) is 0. The number of nitrogens with one attached hydrogen (secondary N) is 1. The van der Waals surface area contributed by atoms with E-state index in [9.17, 15) is 23.1 Å². The number of aliphatic hydroxyl groups excluding tert-OH is 1. The van der Waals surface area contributed by atoms with Crippen molar-refractivity contribution in [3.05, 3.63) is 53.6 Å². The van der Waals surface area contributed by atoms with Crippen LogP contribution in [0, 0.1) is 6.92 Å². The van der Waals surface area contributed by atoms with Gasteiger partial charge in [-0.3, -0.25) is 4.79 Å². The predicted molar refractivity (Wildman–Crippen MR) is 85.7 cm³/mol. The van der Waals surface area contributed by atoms with E-state index < -0.39 is 23.8 Å². The molecule has 8 heteroatoms. The quantitative estimate of drug-likeness (QED) is 0.837. The first-order valence-corrected chi connectivity index (χ1v) is 7.83. The van der Waals surface area contributed by atoms with Crippen molar-refractivity contribution >= 4 is 5.91 Å². The van der Waals surface area contributed by atoms with Gasteiger partial charge in [0, 0.05) is 19.2 Å². The van der Waals surface area contributed by atoms with E-state index in [1.807, 2.05) is 30.3 Å². The number of benzene rings is 1. The zero-order chi connectivity index (χ0) is 18.6. The maximum absolute atomic E-state index is 12.8. The van der Waals surface area contributed by atoms with E-state index >= 15 is 0 Å². The minimum Gasteiger partial charge on any atom is -0.396 e. The average Bonchev–Trinajstić information content (AvgIpc) is 2.95. The molecule has 0 aliphatic heterocycles. The molecule has 0 unspecified atom stereocenters. The molecule has 1 aromatic carbocycles.